The number of amides is 1. The van der Waals surface area contributed by atoms with Crippen molar-refractivity contribution in [2.24, 2.45) is 0 Å². The van der Waals surface area contributed by atoms with Crippen LogP contribution in [0.3, 0.4) is 0 Å². The minimum absolute atomic E-state index is 0.304. The molecule has 22 heavy (non-hydrogen) atoms. The van der Waals surface area contributed by atoms with Crippen LogP contribution < -0.4 is 14.8 Å². The molecule has 1 atom stereocenters. The van der Waals surface area contributed by atoms with E-state index in [0.29, 0.717) is 27.2 Å². The van der Waals surface area contributed by atoms with Gasteiger partial charge in [-0.1, -0.05) is 35.3 Å². The second kappa shape index (κ2) is 7.38. The molecule has 6 heteroatoms. The molecule has 2 rings (SSSR count). The average molecular weight is 340 g/mol. The van der Waals surface area contributed by atoms with E-state index in [2.05, 4.69) is 5.32 Å². The summed E-state index contributed by atoms with van der Waals surface area (Å²) in [5.74, 6) is 0.695. The van der Waals surface area contributed by atoms with Gasteiger partial charge < -0.3 is 14.8 Å². The molecule has 0 unspecified atom stereocenters. The van der Waals surface area contributed by atoms with Crippen LogP contribution >= 0.6 is 23.2 Å². The van der Waals surface area contributed by atoms with E-state index in [1.807, 2.05) is 0 Å². The molecule has 0 heterocycles. The fourth-order valence-electron chi connectivity index (χ4n) is 1.77. The summed E-state index contributed by atoms with van der Waals surface area (Å²) < 4.78 is 10.6. The Morgan fingerprint density at radius 3 is 2.45 bits per heavy atom. The number of methoxy groups -OCH3 is 1. The summed E-state index contributed by atoms with van der Waals surface area (Å²) in [5.41, 5.74) is 0.561. The molecule has 1 amide bonds. The third kappa shape index (κ3) is 4.06. The minimum Gasteiger partial charge on any atom is -0.495 e. The highest BCUT2D eigenvalue weighted by Gasteiger charge is 2.16. The predicted octanol–water partition coefficient (Wildman–Crippen LogP) is 4.41. The van der Waals surface area contributed by atoms with Crippen molar-refractivity contribution in [3.8, 4) is 11.5 Å². The van der Waals surface area contributed by atoms with Gasteiger partial charge in [-0.05, 0) is 37.3 Å². The van der Waals surface area contributed by atoms with Gasteiger partial charge in [0.15, 0.2) is 6.10 Å². The highest BCUT2D eigenvalue weighted by atomic mass is 35.5. The van der Waals surface area contributed by atoms with Crippen LogP contribution in [0.2, 0.25) is 10.0 Å². The predicted molar refractivity (Wildman–Crippen MR) is 88.2 cm³/mol. The molecule has 0 fully saturated rings. The van der Waals surface area contributed by atoms with E-state index in [-0.39, 0.29) is 5.91 Å². The van der Waals surface area contributed by atoms with Crippen LogP contribution in [0.4, 0.5) is 5.69 Å². The average Bonchev–Trinajstić information content (AvgIpc) is 2.49. The van der Waals surface area contributed by atoms with Gasteiger partial charge in [0.1, 0.15) is 11.5 Å². The van der Waals surface area contributed by atoms with Gasteiger partial charge >= 0.3 is 0 Å². The van der Waals surface area contributed by atoms with Crippen molar-refractivity contribution in [3.63, 3.8) is 0 Å². The van der Waals surface area contributed by atoms with Crippen molar-refractivity contribution in [3.05, 3.63) is 52.5 Å². The fraction of sp³-hybridized carbons (Fsp3) is 0.188. The van der Waals surface area contributed by atoms with E-state index < -0.39 is 6.10 Å². The number of ether oxygens (including phenoxy) is 2. The lowest BCUT2D eigenvalue weighted by Crippen LogP contribution is -2.30. The number of carbonyl (C=O) groups is 1. The molecular formula is C16H15Cl2NO3. The quantitative estimate of drug-likeness (QED) is 0.877. The maximum atomic E-state index is 12.1. The normalized spacial score (nSPS) is 11.6. The van der Waals surface area contributed by atoms with E-state index in [4.69, 9.17) is 32.7 Å². The number of nitrogens with one attached hydrogen (secondary N) is 1. The number of benzene rings is 2. The zero-order valence-corrected chi connectivity index (χ0v) is 13.6. The first kappa shape index (κ1) is 16.5. The first-order valence-electron chi connectivity index (χ1n) is 6.57. The summed E-state index contributed by atoms with van der Waals surface area (Å²) in [6.45, 7) is 1.64. The Kier molecular flexibility index (Phi) is 5.52. The largest absolute Gasteiger partial charge is 0.495 e. The summed E-state index contributed by atoms with van der Waals surface area (Å²) in [7, 11) is 1.53. The molecule has 0 bridgehead atoms. The monoisotopic (exact) mass is 339 g/mol. The Hall–Kier alpha value is -1.91. The lowest BCUT2D eigenvalue weighted by atomic mass is 10.2. The van der Waals surface area contributed by atoms with Crippen molar-refractivity contribution in [2.45, 2.75) is 13.0 Å². The number of hydrogen-bond acceptors (Lipinski definition) is 3. The number of rotatable bonds is 5. The van der Waals surface area contributed by atoms with Gasteiger partial charge in [-0.2, -0.15) is 0 Å². The highest BCUT2D eigenvalue weighted by Crippen LogP contribution is 2.28. The zero-order valence-electron chi connectivity index (χ0n) is 12.1. The third-order valence-corrected chi connectivity index (χ3v) is 3.54. The van der Waals surface area contributed by atoms with E-state index in [1.165, 1.54) is 7.11 Å². The molecule has 0 aromatic heterocycles. The topological polar surface area (TPSA) is 47.6 Å². The smallest absolute Gasteiger partial charge is 0.265 e. The molecular weight excluding hydrogens is 325 g/mol. The second-order valence-electron chi connectivity index (χ2n) is 4.53. The molecule has 116 valence electrons. The van der Waals surface area contributed by atoms with Crippen LogP contribution in [0.15, 0.2) is 42.5 Å². The van der Waals surface area contributed by atoms with E-state index in [0.717, 1.165) is 0 Å². The van der Waals surface area contributed by atoms with Crippen molar-refractivity contribution < 1.29 is 14.3 Å². The highest BCUT2D eigenvalue weighted by molar-refractivity contribution is 6.32. The Labute approximate surface area is 138 Å². The first-order chi connectivity index (χ1) is 10.5. The lowest BCUT2D eigenvalue weighted by molar-refractivity contribution is -0.122. The van der Waals surface area contributed by atoms with E-state index >= 15 is 0 Å². The van der Waals surface area contributed by atoms with Crippen LogP contribution in [-0.2, 0) is 4.79 Å². The van der Waals surface area contributed by atoms with Crippen LogP contribution in [-0.4, -0.2) is 19.1 Å². The van der Waals surface area contributed by atoms with E-state index in [9.17, 15) is 4.79 Å². The second-order valence-corrected chi connectivity index (χ2v) is 5.34. The van der Waals surface area contributed by atoms with Crippen molar-refractivity contribution in [2.75, 3.05) is 12.4 Å². The van der Waals surface area contributed by atoms with Gasteiger partial charge in [0, 0.05) is 5.69 Å². The fourth-order valence-corrected chi connectivity index (χ4v) is 2.21. The van der Waals surface area contributed by atoms with Crippen molar-refractivity contribution >= 4 is 34.8 Å². The molecule has 0 spiro atoms. The van der Waals surface area contributed by atoms with Crippen molar-refractivity contribution in [1.29, 1.82) is 0 Å². The maximum Gasteiger partial charge on any atom is 0.265 e. The standard InChI is InChI=1S/C16H15Cl2NO3/c1-10(22-15-6-4-3-5-12(15)17)16(20)19-11-7-8-14(21-2)13(18)9-11/h3-10H,1-2H3,(H,19,20)/t10-/m0/s1. The van der Waals surface area contributed by atoms with Crippen LogP contribution in [0.5, 0.6) is 11.5 Å². The summed E-state index contributed by atoms with van der Waals surface area (Å²) in [6, 6.07) is 12.0. The summed E-state index contributed by atoms with van der Waals surface area (Å²) in [6.07, 6.45) is -0.708. The van der Waals surface area contributed by atoms with Gasteiger partial charge in [-0.3, -0.25) is 4.79 Å². The van der Waals surface area contributed by atoms with Crippen LogP contribution in [0, 0.1) is 0 Å². The third-order valence-electron chi connectivity index (χ3n) is 2.93. The molecule has 1 N–H and O–H groups in total. The lowest BCUT2D eigenvalue weighted by Gasteiger charge is -2.16. The number of carbonyl (C=O) groups excluding carboxylic acids is 1. The molecule has 4 nitrogen and oxygen atoms in total. The van der Waals surface area contributed by atoms with Gasteiger partial charge in [0.2, 0.25) is 0 Å². The summed E-state index contributed by atoms with van der Waals surface area (Å²) in [5, 5.41) is 3.60. The van der Waals surface area contributed by atoms with Gasteiger partial charge in [0.25, 0.3) is 5.91 Å². The molecule has 2 aromatic rings. The maximum absolute atomic E-state index is 12.1. The Morgan fingerprint density at radius 2 is 1.82 bits per heavy atom. The Balaban J connectivity index is 2.02. The number of anilines is 1. The first-order valence-corrected chi connectivity index (χ1v) is 7.32. The Morgan fingerprint density at radius 1 is 1.09 bits per heavy atom. The van der Waals surface area contributed by atoms with E-state index in [1.54, 1.807) is 49.4 Å². The molecule has 0 aliphatic carbocycles. The zero-order chi connectivity index (χ0) is 16.1. The van der Waals surface area contributed by atoms with Crippen LogP contribution in [0.25, 0.3) is 0 Å². The van der Waals surface area contributed by atoms with Gasteiger partial charge in [-0.25, -0.2) is 0 Å². The molecule has 0 aliphatic heterocycles. The van der Waals surface area contributed by atoms with Crippen LogP contribution in [0.1, 0.15) is 6.92 Å². The van der Waals surface area contributed by atoms with Crippen molar-refractivity contribution in [1.82, 2.24) is 0 Å². The van der Waals surface area contributed by atoms with Gasteiger partial charge in [-0.15, -0.1) is 0 Å². The molecule has 0 saturated carbocycles. The van der Waals surface area contributed by atoms with Gasteiger partial charge in [0.05, 0.1) is 17.2 Å². The molecule has 0 radical (unpaired) electrons. The number of hydrogen-bond donors (Lipinski definition) is 1. The number of para-hydroxylation sites is 1. The SMILES string of the molecule is COc1ccc(NC(=O)[C@H](C)Oc2ccccc2Cl)cc1Cl. The Bertz CT molecular complexity index is 676. The molecule has 0 saturated heterocycles. The summed E-state index contributed by atoms with van der Waals surface area (Å²) in [4.78, 5) is 12.1. The molecule has 2 aromatic carbocycles. The number of halogens is 2. The molecule has 0 aliphatic rings. The minimum atomic E-state index is -0.708. The summed E-state index contributed by atoms with van der Waals surface area (Å²) >= 11 is 12.0.